The molecule has 0 aliphatic carbocycles. The maximum Gasteiger partial charge on any atom is 0.0457 e. The van der Waals surface area contributed by atoms with Gasteiger partial charge in [0, 0.05) is 28.4 Å². The number of aryl methyl sites for hydroxylation is 1. The van der Waals surface area contributed by atoms with Crippen molar-refractivity contribution >= 4 is 32.5 Å². The molecular weight excluding hydrogens is 300 g/mol. The third-order valence-electron chi connectivity index (χ3n) is 3.29. The lowest BCUT2D eigenvalue weighted by Crippen LogP contribution is -2.00. The minimum atomic E-state index is 0.831. The molecule has 0 amide bonds. The molecule has 3 rings (SSSR count). The van der Waals surface area contributed by atoms with Gasteiger partial charge in [0.1, 0.15) is 0 Å². The first kappa shape index (κ1) is 12.3. The van der Waals surface area contributed by atoms with Crippen molar-refractivity contribution in [3.63, 3.8) is 0 Å². The van der Waals surface area contributed by atoms with Gasteiger partial charge in [0.25, 0.3) is 0 Å². The molecule has 0 unspecified atom stereocenters. The van der Waals surface area contributed by atoms with E-state index in [-0.39, 0.29) is 0 Å². The average Bonchev–Trinajstić information content (AvgIpc) is 2.85. The summed E-state index contributed by atoms with van der Waals surface area (Å²) in [5.74, 6) is 0. The van der Waals surface area contributed by atoms with Crippen molar-refractivity contribution in [3.05, 3.63) is 64.3 Å². The fraction of sp³-hybridized carbons (Fsp3) is 0.125. The van der Waals surface area contributed by atoms with Crippen molar-refractivity contribution in [3.8, 4) is 0 Å². The van der Waals surface area contributed by atoms with E-state index in [0.717, 1.165) is 11.0 Å². The van der Waals surface area contributed by atoms with Crippen molar-refractivity contribution in [2.75, 3.05) is 5.32 Å². The van der Waals surface area contributed by atoms with Gasteiger partial charge in [-0.15, -0.1) is 0 Å². The average molecular weight is 315 g/mol. The van der Waals surface area contributed by atoms with Gasteiger partial charge < -0.3 is 10.3 Å². The molecule has 3 aromatic rings. The molecule has 19 heavy (non-hydrogen) atoms. The van der Waals surface area contributed by atoms with Gasteiger partial charge in [-0.3, -0.25) is 0 Å². The molecule has 0 atom stereocenters. The first-order valence-electron chi connectivity index (χ1n) is 6.28. The first-order chi connectivity index (χ1) is 9.22. The molecule has 0 bridgehead atoms. The summed E-state index contributed by atoms with van der Waals surface area (Å²) >= 11 is 3.48. The summed E-state index contributed by atoms with van der Waals surface area (Å²) in [6.07, 6.45) is 1.97. The van der Waals surface area contributed by atoms with E-state index in [1.165, 1.54) is 27.7 Å². The van der Waals surface area contributed by atoms with Crippen LogP contribution >= 0.6 is 15.9 Å². The Morgan fingerprint density at radius 2 is 2.00 bits per heavy atom. The van der Waals surface area contributed by atoms with E-state index in [2.05, 4.69) is 75.6 Å². The van der Waals surface area contributed by atoms with Crippen molar-refractivity contribution in [1.82, 2.24) is 4.98 Å². The maximum absolute atomic E-state index is 3.48. The van der Waals surface area contributed by atoms with Crippen LogP contribution in [-0.4, -0.2) is 4.98 Å². The molecule has 2 aromatic carbocycles. The van der Waals surface area contributed by atoms with Gasteiger partial charge in [0.05, 0.1) is 0 Å². The quantitative estimate of drug-likeness (QED) is 0.710. The molecule has 0 saturated carbocycles. The number of hydrogen-bond donors (Lipinski definition) is 2. The molecule has 1 heterocycles. The van der Waals surface area contributed by atoms with Crippen LogP contribution in [0.2, 0.25) is 0 Å². The number of aromatic amines is 1. The number of halogens is 1. The predicted octanol–water partition coefficient (Wildman–Crippen LogP) is 4.85. The van der Waals surface area contributed by atoms with Crippen LogP contribution in [-0.2, 0) is 6.54 Å². The number of nitrogens with one attached hydrogen (secondary N) is 2. The Bertz CT molecular complexity index is 716. The zero-order valence-corrected chi connectivity index (χ0v) is 12.3. The zero-order valence-electron chi connectivity index (χ0n) is 10.7. The van der Waals surface area contributed by atoms with Gasteiger partial charge in [0.15, 0.2) is 0 Å². The third kappa shape index (κ3) is 2.66. The van der Waals surface area contributed by atoms with Crippen LogP contribution in [0, 0.1) is 6.92 Å². The summed E-state index contributed by atoms with van der Waals surface area (Å²) in [5, 5.41) is 4.73. The second-order valence-corrected chi connectivity index (χ2v) is 5.63. The Kier molecular flexibility index (Phi) is 3.30. The SMILES string of the molecule is Cc1cc(Br)ccc1NCc1ccc2cc[nH]c2c1. The summed E-state index contributed by atoms with van der Waals surface area (Å²) in [6.45, 7) is 2.94. The van der Waals surface area contributed by atoms with Crippen LogP contribution in [0.25, 0.3) is 10.9 Å². The lowest BCUT2D eigenvalue weighted by atomic mass is 10.1. The number of fused-ring (bicyclic) bond motifs is 1. The summed E-state index contributed by atoms with van der Waals surface area (Å²) in [7, 11) is 0. The highest BCUT2D eigenvalue weighted by molar-refractivity contribution is 9.10. The van der Waals surface area contributed by atoms with Crippen LogP contribution in [0.5, 0.6) is 0 Å². The Labute approximate surface area is 121 Å². The van der Waals surface area contributed by atoms with E-state index >= 15 is 0 Å². The maximum atomic E-state index is 3.48. The molecule has 0 aliphatic heterocycles. The van der Waals surface area contributed by atoms with Crippen molar-refractivity contribution < 1.29 is 0 Å². The summed E-state index contributed by atoms with van der Waals surface area (Å²) < 4.78 is 1.11. The highest BCUT2D eigenvalue weighted by atomic mass is 79.9. The Balaban J connectivity index is 1.77. The van der Waals surface area contributed by atoms with Crippen LogP contribution in [0.15, 0.2) is 53.1 Å². The molecule has 0 radical (unpaired) electrons. The fourth-order valence-electron chi connectivity index (χ4n) is 2.23. The van der Waals surface area contributed by atoms with Gasteiger partial charge in [-0.2, -0.15) is 0 Å². The van der Waals surface area contributed by atoms with E-state index in [4.69, 9.17) is 0 Å². The van der Waals surface area contributed by atoms with Gasteiger partial charge in [-0.1, -0.05) is 28.1 Å². The van der Waals surface area contributed by atoms with E-state index in [1.54, 1.807) is 0 Å². The second-order valence-electron chi connectivity index (χ2n) is 4.71. The number of aromatic nitrogens is 1. The first-order valence-corrected chi connectivity index (χ1v) is 7.08. The minimum Gasteiger partial charge on any atom is -0.381 e. The summed E-state index contributed by atoms with van der Waals surface area (Å²) in [4.78, 5) is 3.24. The van der Waals surface area contributed by atoms with Crippen LogP contribution in [0.1, 0.15) is 11.1 Å². The minimum absolute atomic E-state index is 0.831. The third-order valence-corrected chi connectivity index (χ3v) is 3.78. The number of H-pyrrole nitrogens is 1. The molecule has 0 aliphatic rings. The van der Waals surface area contributed by atoms with Crippen LogP contribution in [0.4, 0.5) is 5.69 Å². The van der Waals surface area contributed by atoms with Crippen molar-refractivity contribution in [2.45, 2.75) is 13.5 Å². The van der Waals surface area contributed by atoms with Crippen LogP contribution in [0.3, 0.4) is 0 Å². The molecule has 3 heteroatoms. The Morgan fingerprint density at radius 1 is 1.11 bits per heavy atom. The second kappa shape index (κ2) is 5.10. The standard InChI is InChI=1S/C16H15BrN2/c1-11-8-14(17)4-5-15(11)19-10-12-2-3-13-6-7-18-16(13)9-12/h2-9,18-19H,10H2,1H3. The van der Waals surface area contributed by atoms with Gasteiger partial charge in [-0.05, 0) is 53.8 Å². The molecule has 0 fully saturated rings. The lowest BCUT2D eigenvalue weighted by Gasteiger charge is -2.10. The topological polar surface area (TPSA) is 27.8 Å². The summed E-state index contributed by atoms with van der Waals surface area (Å²) in [5.41, 5.74) is 4.88. The van der Waals surface area contributed by atoms with Gasteiger partial charge in [-0.25, -0.2) is 0 Å². The molecule has 1 aromatic heterocycles. The molecule has 96 valence electrons. The molecule has 0 saturated heterocycles. The highest BCUT2D eigenvalue weighted by Crippen LogP contribution is 2.21. The summed E-state index contributed by atoms with van der Waals surface area (Å²) in [6, 6.07) is 14.9. The van der Waals surface area contributed by atoms with E-state index in [9.17, 15) is 0 Å². The lowest BCUT2D eigenvalue weighted by molar-refractivity contribution is 1.14. The van der Waals surface area contributed by atoms with Gasteiger partial charge >= 0.3 is 0 Å². The van der Waals surface area contributed by atoms with Crippen LogP contribution < -0.4 is 5.32 Å². The number of benzene rings is 2. The number of anilines is 1. The highest BCUT2D eigenvalue weighted by Gasteiger charge is 2.00. The van der Waals surface area contributed by atoms with Crippen molar-refractivity contribution in [1.29, 1.82) is 0 Å². The smallest absolute Gasteiger partial charge is 0.0457 e. The van der Waals surface area contributed by atoms with Crippen molar-refractivity contribution in [2.24, 2.45) is 0 Å². The molecular formula is C16H15BrN2. The van der Waals surface area contributed by atoms with Gasteiger partial charge in [0.2, 0.25) is 0 Å². The zero-order chi connectivity index (χ0) is 13.2. The van der Waals surface area contributed by atoms with E-state index in [0.29, 0.717) is 0 Å². The van der Waals surface area contributed by atoms with E-state index in [1.807, 2.05) is 6.20 Å². The molecule has 2 nitrogen and oxygen atoms in total. The Hall–Kier alpha value is -1.74. The number of rotatable bonds is 3. The number of hydrogen-bond acceptors (Lipinski definition) is 1. The molecule has 2 N–H and O–H groups in total. The molecule has 0 spiro atoms. The monoisotopic (exact) mass is 314 g/mol. The normalized spacial score (nSPS) is 10.8. The fourth-order valence-corrected chi connectivity index (χ4v) is 2.70. The predicted molar refractivity (Wildman–Crippen MR) is 84.5 cm³/mol. The largest absolute Gasteiger partial charge is 0.381 e. The van der Waals surface area contributed by atoms with E-state index < -0.39 is 0 Å². The Morgan fingerprint density at radius 3 is 2.84 bits per heavy atom.